The second-order valence-corrected chi connectivity index (χ2v) is 8.23. The lowest BCUT2D eigenvalue weighted by molar-refractivity contribution is -0.137. The molecule has 2 aromatic carbocycles. The molecule has 0 aromatic heterocycles. The molecule has 0 saturated carbocycles. The fourth-order valence-corrected chi connectivity index (χ4v) is 4.24. The normalized spacial score (nSPS) is 14.1. The van der Waals surface area contributed by atoms with Crippen molar-refractivity contribution in [3.05, 3.63) is 59.7 Å². The van der Waals surface area contributed by atoms with Gasteiger partial charge in [0, 0.05) is 24.4 Å². The number of rotatable bonds is 10. The second kappa shape index (κ2) is 10.8. The van der Waals surface area contributed by atoms with Gasteiger partial charge < -0.3 is 20.5 Å². The third kappa shape index (κ3) is 5.87. The van der Waals surface area contributed by atoms with Crippen LogP contribution in [0.3, 0.4) is 0 Å². The van der Waals surface area contributed by atoms with Gasteiger partial charge in [-0.2, -0.15) is 0 Å². The zero-order chi connectivity index (χ0) is 23.1. The zero-order valence-corrected chi connectivity index (χ0v) is 18.5. The van der Waals surface area contributed by atoms with Crippen LogP contribution in [0.15, 0.2) is 48.5 Å². The molecule has 7 heteroatoms. The van der Waals surface area contributed by atoms with Crippen molar-refractivity contribution in [2.24, 2.45) is 0 Å². The first-order valence-corrected chi connectivity index (χ1v) is 11.0. The number of amides is 2. The average Bonchev–Trinajstić information content (AvgIpc) is 3.05. The van der Waals surface area contributed by atoms with E-state index in [1.807, 2.05) is 31.2 Å². The summed E-state index contributed by atoms with van der Waals surface area (Å²) in [5, 5.41) is 14.4. The van der Waals surface area contributed by atoms with Gasteiger partial charge in [0.2, 0.25) is 5.91 Å². The van der Waals surface area contributed by atoms with E-state index in [1.54, 1.807) is 6.92 Å². The van der Waals surface area contributed by atoms with E-state index < -0.39 is 24.1 Å². The van der Waals surface area contributed by atoms with Crippen LogP contribution in [0.4, 0.5) is 4.79 Å². The topological polar surface area (TPSA) is 105 Å². The number of aliphatic carboxylic acids is 1. The Kier molecular flexibility index (Phi) is 7.87. The third-order valence-corrected chi connectivity index (χ3v) is 5.62. The van der Waals surface area contributed by atoms with Crippen LogP contribution in [0.2, 0.25) is 0 Å². The van der Waals surface area contributed by atoms with Crippen LogP contribution in [-0.4, -0.2) is 41.8 Å². The van der Waals surface area contributed by atoms with Crippen molar-refractivity contribution in [1.29, 1.82) is 0 Å². The van der Waals surface area contributed by atoms with E-state index in [-0.39, 0.29) is 31.3 Å². The van der Waals surface area contributed by atoms with Gasteiger partial charge in [-0.3, -0.25) is 9.59 Å². The standard InChI is InChI=1S/C25H30N2O5/c1-3-8-17(14-24(29)30)27-23(28)13-16(2)26-25(31)32-15-22-20-11-6-4-9-18(20)19-10-5-7-12-21(19)22/h4-7,9-12,16-17,22H,3,8,13-15H2,1-2H3,(H,26,31)(H,27,28)(H,29,30)/t16-,17?/m0/s1. The number of carboxylic acid groups (broad SMARTS) is 1. The summed E-state index contributed by atoms with van der Waals surface area (Å²) < 4.78 is 5.50. The Labute approximate surface area is 188 Å². The predicted octanol–water partition coefficient (Wildman–Crippen LogP) is 4.06. The van der Waals surface area contributed by atoms with Crippen molar-refractivity contribution in [1.82, 2.24) is 10.6 Å². The summed E-state index contributed by atoms with van der Waals surface area (Å²) in [5.74, 6) is -1.28. The number of fused-ring (bicyclic) bond motifs is 3. The summed E-state index contributed by atoms with van der Waals surface area (Å²) in [7, 11) is 0. The van der Waals surface area contributed by atoms with E-state index in [9.17, 15) is 14.4 Å². The maximum absolute atomic E-state index is 12.3. The van der Waals surface area contributed by atoms with Crippen LogP contribution in [0.25, 0.3) is 11.1 Å². The number of ether oxygens (including phenoxy) is 1. The molecule has 0 aliphatic heterocycles. The van der Waals surface area contributed by atoms with E-state index in [0.717, 1.165) is 28.7 Å². The van der Waals surface area contributed by atoms with Crippen molar-refractivity contribution >= 4 is 18.0 Å². The molecule has 0 saturated heterocycles. The molecule has 0 spiro atoms. The van der Waals surface area contributed by atoms with Crippen LogP contribution < -0.4 is 10.6 Å². The molecule has 2 amide bonds. The van der Waals surface area contributed by atoms with Crippen molar-refractivity contribution in [3.8, 4) is 11.1 Å². The summed E-state index contributed by atoms with van der Waals surface area (Å²) >= 11 is 0. The molecule has 0 radical (unpaired) electrons. The highest BCUT2D eigenvalue weighted by molar-refractivity contribution is 5.80. The van der Waals surface area contributed by atoms with Crippen molar-refractivity contribution in [2.45, 2.75) is 57.5 Å². The lowest BCUT2D eigenvalue weighted by Gasteiger charge is -2.19. The SMILES string of the molecule is CCCC(CC(=O)O)NC(=O)C[C@H](C)NC(=O)OCC1c2ccccc2-c2ccccc21. The van der Waals surface area contributed by atoms with Gasteiger partial charge in [0.1, 0.15) is 6.61 Å². The maximum Gasteiger partial charge on any atom is 0.407 e. The molecule has 1 aliphatic carbocycles. The van der Waals surface area contributed by atoms with Crippen molar-refractivity contribution in [3.63, 3.8) is 0 Å². The molecule has 1 unspecified atom stereocenters. The Bertz CT molecular complexity index is 929. The largest absolute Gasteiger partial charge is 0.481 e. The Morgan fingerprint density at radius 1 is 0.969 bits per heavy atom. The van der Waals surface area contributed by atoms with Gasteiger partial charge in [0.05, 0.1) is 6.42 Å². The summed E-state index contributed by atoms with van der Waals surface area (Å²) in [4.78, 5) is 35.5. The fraction of sp³-hybridized carbons (Fsp3) is 0.400. The molecule has 3 N–H and O–H groups in total. The molecule has 32 heavy (non-hydrogen) atoms. The lowest BCUT2D eigenvalue weighted by atomic mass is 9.98. The first kappa shape index (κ1) is 23.3. The van der Waals surface area contributed by atoms with Crippen molar-refractivity contribution < 1.29 is 24.2 Å². The van der Waals surface area contributed by atoms with Gasteiger partial charge in [0.25, 0.3) is 0 Å². The van der Waals surface area contributed by atoms with Gasteiger partial charge in [-0.15, -0.1) is 0 Å². The molecule has 2 aromatic rings. The summed E-state index contributed by atoms with van der Waals surface area (Å²) in [6.45, 7) is 3.85. The zero-order valence-electron chi connectivity index (χ0n) is 18.5. The predicted molar refractivity (Wildman–Crippen MR) is 121 cm³/mol. The van der Waals surface area contributed by atoms with Crippen molar-refractivity contribution in [2.75, 3.05) is 6.61 Å². The number of hydrogen-bond donors (Lipinski definition) is 3. The van der Waals surface area contributed by atoms with Gasteiger partial charge in [0.15, 0.2) is 0 Å². The van der Waals surface area contributed by atoms with E-state index in [2.05, 4.69) is 34.9 Å². The average molecular weight is 439 g/mol. The third-order valence-electron chi connectivity index (χ3n) is 5.62. The number of carbonyl (C=O) groups excluding carboxylic acids is 2. The molecule has 170 valence electrons. The Morgan fingerprint density at radius 2 is 1.56 bits per heavy atom. The highest BCUT2D eigenvalue weighted by Gasteiger charge is 2.29. The molecular formula is C25H30N2O5. The Balaban J connectivity index is 1.51. The van der Waals surface area contributed by atoms with E-state index in [4.69, 9.17) is 9.84 Å². The van der Waals surface area contributed by atoms with E-state index >= 15 is 0 Å². The Hall–Kier alpha value is -3.35. The number of carboxylic acids is 1. The van der Waals surface area contributed by atoms with Gasteiger partial charge >= 0.3 is 12.1 Å². The van der Waals surface area contributed by atoms with E-state index in [1.165, 1.54) is 0 Å². The molecule has 0 bridgehead atoms. The quantitative estimate of drug-likeness (QED) is 0.519. The molecule has 3 rings (SSSR count). The minimum absolute atomic E-state index is 0.0300. The first-order valence-electron chi connectivity index (χ1n) is 11.0. The first-order chi connectivity index (χ1) is 15.4. The summed E-state index contributed by atoms with van der Waals surface area (Å²) in [5.41, 5.74) is 4.58. The fourth-order valence-electron chi connectivity index (χ4n) is 4.24. The number of alkyl carbamates (subject to hydrolysis) is 1. The molecular weight excluding hydrogens is 408 g/mol. The molecule has 0 heterocycles. The van der Waals surface area contributed by atoms with Crippen LogP contribution in [0.5, 0.6) is 0 Å². The van der Waals surface area contributed by atoms with Crippen LogP contribution in [-0.2, 0) is 14.3 Å². The second-order valence-electron chi connectivity index (χ2n) is 8.23. The smallest absolute Gasteiger partial charge is 0.407 e. The maximum atomic E-state index is 12.3. The van der Waals surface area contributed by atoms with Crippen LogP contribution in [0, 0.1) is 0 Å². The van der Waals surface area contributed by atoms with Gasteiger partial charge in [-0.05, 0) is 35.6 Å². The van der Waals surface area contributed by atoms with Crippen LogP contribution in [0.1, 0.15) is 56.6 Å². The molecule has 1 aliphatic rings. The molecule has 2 atom stereocenters. The number of benzene rings is 2. The Morgan fingerprint density at radius 3 is 2.12 bits per heavy atom. The minimum atomic E-state index is -0.950. The number of carbonyl (C=O) groups is 3. The number of nitrogens with one attached hydrogen (secondary N) is 2. The van der Waals surface area contributed by atoms with E-state index in [0.29, 0.717) is 6.42 Å². The van der Waals surface area contributed by atoms with Gasteiger partial charge in [-0.25, -0.2) is 4.79 Å². The highest BCUT2D eigenvalue weighted by atomic mass is 16.5. The lowest BCUT2D eigenvalue weighted by Crippen LogP contribution is -2.41. The molecule has 0 fully saturated rings. The molecule has 7 nitrogen and oxygen atoms in total. The van der Waals surface area contributed by atoms with Crippen LogP contribution >= 0.6 is 0 Å². The number of hydrogen-bond acceptors (Lipinski definition) is 4. The van der Waals surface area contributed by atoms with Gasteiger partial charge in [-0.1, -0.05) is 61.9 Å². The minimum Gasteiger partial charge on any atom is -0.481 e. The monoisotopic (exact) mass is 438 g/mol. The summed E-state index contributed by atoms with van der Waals surface area (Å²) in [6.07, 6.45) is 0.707. The summed E-state index contributed by atoms with van der Waals surface area (Å²) in [6, 6.07) is 15.4. The highest BCUT2D eigenvalue weighted by Crippen LogP contribution is 2.44.